The normalized spacial score (nSPS) is 18.9. The van der Waals surface area contributed by atoms with Crippen LogP contribution in [-0.4, -0.2) is 44.2 Å². The molecule has 0 saturated carbocycles. The molecule has 0 radical (unpaired) electrons. The van der Waals surface area contributed by atoms with E-state index in [4.69, 9.17) is 0 Å². The summed E-state index contributed by atoms with van der Waals surface area (Å²) in [5, 5.41) is 3.18. The van der Waals surface area contributed by atoms with E-state index in [1.54, 1.807) is 0 Å². The van der Waals surface area contributed by atoms with Gasteiger partial charge in [0.05, 0.1) is 0 Å². The van der Waals surface area contributed by atoms with Crippen LogP contribution in [0.1, 0.15) is 56.2 Å². The summed E-state index contributed by atoms with van der Waals surface area (Å²) in [5.41, 5.74) is 3.81. The molecule has 0 aromatic heterocycles. The van der Waals surface area contributed by atoms with Gasteiger partial charge < -0.3 is 10.2 Å². The Morgan fingerprint density at radius 1 is 1.09 bits per heavy atom. The average molecular weight is 494 g/mol. The third-order valence-corrected chi connectivity index (χ3v) is 8.35. The van der Waals surface area contributed by atoms with Crippen molar-refractivity contribution in [2.75, 3.05) is 13.1 Å². The maximum atomic E-state index is 13.0. The second kappa shape index (κ2) is 10.8. The van der Waals surface area contributed by atoms with Crippen LogP contribution < -0.4 is 5.32 Å². The molecule has 35 heavy (non-hydrogen) atoms. The van der Waals surface area contributed by atoms with Gasteiger partial charge in [-0.15, -0.1) is 4.40 Å². The van der Waals surface area contributed by atoms with Gasteiger partial charge in [-0.1, -0.05) is 67.1 Å². The molecular weight excluding hydrogens is 458 g/mol. The van der Waals surface area contributed by atoms with Gasteiger partial charge in [-0.3, -0.25) is 4.79 Å². The highest BCUT2D eigenvalue weighted by Gasteiger charge is 2.36. The van der Waals surface area contributed by atoms with Crippen molar-refractivity contribution in [3.8, 4) is 0 Å². The van der Waals surface area contributed by atoms with Crippen molar-refractivity contribution in [1.82, 2.24) is 10.2 Å². The zero-order valence-electron chi connectivity index (χ0n) is 20.8. The van der Waals surface area contributed by atoms with Gasteiger partial charge in [0.1, 0.15) is 10.7 Å². The summed E-state index contributed by atoms with van der Waals surface area (Å²) in [4.78, 5) is 15.2. The smallest absolute Gasteiger partial charge is 0.285 e. The molecule has 0 bridgehead atoms. The van der Waals surface area contributed by atoms with Crippen molar-refractivity contribution >= 4 is 26.7 Å². The van der Waals surface area contributed by atoms with E-state index in [2.05, 4.69) is 28.8 Å². The van der Waals surface area contributed by atoms with E-state index in [9.17, 15) is 13.2 Å². The van der Waals surface area contributed by atoms with Crippen molar-refractivity contribution in [2.45, 2.75) is 58.9 Å². The van der Waals surface area contributed by atoms with Crippen LogP contribution >= 0.6 is 0 Å². The first-order chi connectivity index (χ1) is 16.8. The second-order valence-corrected chi connectivity index (χ2v) is 11.2. The zero-order valence-corrected chi connectivity index (χ0v) is 21.6. The number of amidine groups is 1. The number of nitrogens with zero attached hydrogens (tertiary/aromatic N) is 2. The Bertz CT molecular complexity index is 1210. The summed E-state index contributed by atoms with van der Waals surface area (Å²) in [6, 6.07) is 18.0. The van der Waals surface area contributed by atoms with E-state index >= 15 is 0 Å². The first kappa shape index (κ1) is 25.2. The number of sulfonamides is 1. The van der Waals surface area contributed by atoms with E-state index in [0.29, 0.717) is 48.7 Å². The van der Waals surface area contributed by atoms with Crippen LogP contribution in [0.5, 0.6) is 0 Å². The van der Waals surface area contributed by atoms with Gasteiger partial charge in [0, 0.05) is 30.6 Å². The van der Waals surface area contributed by atoms with Crippen molar-refractivity contribution in [1.29, 1.82) is 0 Å². The standard InChI is InChI=1S/C28H35N3O3S/c1-4-25-26(23-14-10-20(2)11-15-23)35(33,34)30-27(25)31-18-16-24(17-19-31)28(32)29-21(3)12-13-22-8-6-5-7-9-22/h5-11,14-15,21,24H,4,12-13,16-19H2,1-3H3,(H,29,32). The fraction of sp³-hybridized carbons (Fsp3) is 0.429. The average Bonchev–Trinajstić information content (AvgIpc) is 3.14. The SMILES string of the molecule is CCC1=C(c2ccc(C)cc2)S(=O)(=O)N=C1N1CCC(C(=O)NC(C)CCc2ccccc2)CC1. The lowest BCUT2D eigenvalue weighted by atomic mass is 9.94. The molecule has 2 aliphatic rings. The first-order valence-corrected chi connectivity index (χ1v) is 14.0. The van der Waals surface area contributed by atoms with Crippen LogP contribution in [0.2, 0.25) is 0 Å². The Kier molecular flexibility index (Phi) is 7.75. The van der Waals surface area contributed by atoms with E-state index in [0.717, 1.165) is 24.0 Å². The summed E-state index contributed by atoms with van der Waals surface area (Å²) in [7, 11) is -3.74. The minimum absolute atomic E-state index is 0.0605. The van der Waals surface area contributed by atoms with E-state index in [-0.39, 0.29) is 17.9 Å². The summed E-state index contributed by atoms with van der Waals surface area (Å²) < 4.78 is 30.2. The number of nitrogens with one attached hydrogen (secondary N) is 1. The number of hydrogen-bond donors (Lipinski definition) is 1. The van der Waals surface area contributed by atoms with Crippen LogP contribution in [-0.2, 0) is 21.2 Å². The molecule has 4 rings (SSSR count). The van der Waals surface area contributed by atoms with Gasteiger partial charge >= 0.3 is 0 Å². The van der Waals surface area contributed by atoms with E-state index in [1.807, 2.05) is 61.2 Å². The maximum Gasteiger partial charge on any atom is 0.285 e. The van der Waals surface area contributed by atoms with Crippen LogP contribution in [0.25, 0.3) is 4.91 Å². The predicted octanol–water partition coefficient (Wildman–Crippen LogP) is 4.71. The molecule has 1 fully saturated rings. The number of benzene rings is 2. The summed E-state index contributed by atoms with van der Waals surface area (Å²) in [6.07, 6.45) is 3.79. The lowest BCUT2D eigenvalue weighted by molar-refractivity contribution is -0.126. The molecule has 1 saturated heterocycles. The van der Waals surface area contributed by atoms with Gasteiger partial charge in [0.15, 0.2) is 0 Å². The van der Waals surface area contributed by atoms with Gasteiger partial charge in [0.2, 0.25) is 5.91 Å². The molecular formula is C28H35N3O3S. The number of hydrogen-bond acceptors (Lipinski definition) is 4. The molecule has 1 unspecified atom stereocenters. The number of likely N-dealkylation sites (tertiary alicyclic amines) is 1. The Balaban J connectivity index is 1.37. The summed E-state index contributed by atoms with van der Waals surface area (Å²) in [5.74, 6) is 0.589. The molecule has 2 aliphatic heterocycles. The molecule has 1 atom stereocenters. The lowest BCUT2D eigenvalue weighted by Crippen LogP contribution is -2.45. The number of amides is 1. The topological polar surface area (TPSA) is 78.8 Å². The molecule has 6 nitrogen and oxygen atoms in total. The Morgan fingerprint density at radius 3 is 2.37 bits per heavy atom. The fourth-order valence-corrected chi connectivity index (χ4v) is 6.41. The first-order valence-electron chi connectivity index (χ1n) is 12.5. The fourth-order valence-electron chi connectivity index (χ4n) is 4.88. The van der Waals surface area contributed by atoms with Gasteiger partial charge in [-0.05, 0) is 57.1 Å². The largest absolute Gasteiger partial charge is 0.356 e. The Morgan fingerprint density at radius 2 is 1.74 bits per heavy atom. The highest BCUT2D eigenvalue weighted by atomic mass is 32.2. The van der Waals surface area contributed by atoms with Crippen LogP contribution in [0.4, 0.5) is 0 Å². The monoisotopic (exact) mass is 493 g/mol. The molecule has 2 aromatic rings. The lowest BCUT2D eigenvalue weighted by Gasteiger charge is -2.33. The quantitative estimate of drug-likeness (QED) is 0.606. The molecule has 2 heterocycles. The van der Waals surface area contributed by atoms with Crippen LogP contribution in [0, 0.1) is 12.8 Å². The van der Waals surface area contributed by atoms with Gasteiger partial charge in [-0.2, -0.15) is 8.42 Å². The molecule has 1 N–H and O–H groups in total. The second-order valence-electron chi connectivity index (χ2n) is 9.61. The molecule has 2 aromatic carbocycles. The molecule has 0 aliphatic carbocycles. The van der Waals surface area contributed by atoms with Crippen molar-refractivity contribution in [2.24, 2.45) is 10.3 Å². The van der Waals surface area contributed by atoms with E-state index in [1.165, 1.54) is 5.56 Å². The minimum atomic E-state index is -3.74. The maximum absolute atomic E-state index is 13.0. The molecule has 0 spiro atoms. The molecule has 1 amide bonds. The van der Waals surface area contributed by atoms with Crippen LogP contribution in [0.3, 0.4) is 0 Å². The number of aryl methyl sites for hydroxylation is 2. The highest BCUT2D eigenvalue weighted by Crippen LogP contribution is 2.36. The van der Waals surface area contributed by atoms with E-state index < -0.39 is 10.0 Å². The third kappa shape index (κ3) is 5.84. The summed E-state index contributed by atoms with van der Waals surface area (Å²) in [6.45, 7) is 7.25. The Hall–Kier alpha value is -2.93. The molecule has 7 heteroatoms. The Labute approximate surface area is 209 Å². The van der Waals surface area contributed by atoms with Crippen LogP contribution in [0.15, 0.2) is 64.6 Å². The minimum Gasteiger partial charge on any atom is -0.356 e. The summed E-state index contributed by atoms with van der Waals surface area (Å²) >= 11 is 0. The number of carbonyl (C=O) groups is 1. The molecule has 186 valence electrons. The third-order valence-electron chi connectivity index (χ3n) is 6.94. The van der Waals surface area contributed by atoms with Crippen molar-refractivity contribution < 1.29 is 13.2 Å². The number of carbonyl (C=O) groups excluding carboxylic acids is 1. The van der Waals surface area contributed by atoms with Crippen molar-refractivity contribution in [3.63, 3.8) is 0 Å². The number of piperidine rings is 1. The number of rotatable bonds is 7. The van der Waals surface area contributed by atoms with Gasteiger partial charge in [0.25, 0.3) is 10.0 Å². The predicted molar refractivity (Wildman–Crippen MR) is 141 cm³/mol. The zero-order chi connectivity index (χ0) is 25.0. The highest BCUT2D eigenvalue weighted by molar-refractivity contribution is 8.00. The van der Waals surface area contributed by atoms with Crippen molar-refractivity contribution in [3.05, 3.63) is 76.9 Å². The van der Waals surface area contributed by atoms with Gasteiger partial charge in [-0.25, -0.2) is 0 Å².